The summed E-state index contributed by atoms with van der Waals surface area (Å²) in [6.07, 6.45) is 14.3. The zero-order chi connectivity index (χ0) is 40.6. The van der Waals surface area contributed by atoms with Gasteiger partial charge in [0.2, 0.25) is 0 Å². The number of fused-ring (bicyclic) bond motifs is 7. The van der Waals surface area contributed by atoms with Crippen molar-refractivity contribution in [3.05, 3.63) is 0 Å². The Morgan fingerprint density at radius 3 is 2.05 bits per heavy atom. The van der Waals surface area contributed by atoms with Crippen molar-refractivity contribution in [1.82, 2.24) is 10.2 Å². The van der Waals surface area contributed by atoms with Crippen molar-refractivity contribution in [3.63, 3.8) is 0 Å². The molecular formula is C46H78N2O7S. The molecule has 0 aromatic heterocycles. The maximum absolute atomic E-state index is 13.7. The van der Waals surface area contributed by atoms with E-state index >= 15 is 0 Å². The molecule has 7 saturated carbocycles. The number of carboxylic acid groups (broad SMARTS) is 1. The molecule has 1 heterocycles. The van der Waals surface area contributed by atoms with E-state index in [-0.39, 0.29) is 51.2 Å². The first-order chi connectivity index (χ1) is 26.0. The van der Waals surface area contributed by atoms with Gasteiger partial charge in [-0.1, -0.05) is 55.4 Å². The van der Waals surface area contributed by atoms with Crippen LogP contribution < -0.4 is 5.32 Å². The summed E-state index contributed by atoms with van der Waals surface area (Å²) >= 11 is 0. The molecular weight excluding hydrogens is 725 g/mol. The highest BCUT2D eigenvalue weighted by atomic mass is 32.3. The van der Waals surface area contributed by atoms with Gasteiger partial charge < -0.3 is 20.3 Å². The van der Waals surface area contributed by atoms with Crippen LogP contribution in [0.2, 0.25) is 0 Å². The van der Waals surface area contributed by atoms with Crippen LogP contribution in [0.1, 0.15) is 146 Å². The van der Waals surface area contributed by atoms with E-state index in [9.17, 15) is 28.9 Å². The largest absolute Gasteiger partial charge is 0.481 e. The predicted molar refractivity (Wildman–Crippen MR) is 222 cm³/mol. The SMILES string of the molecule is C[C@H](O)[C@H](CN[C@]12CC[C@@H](C3(C)CC3)[C@@H]1[C@H]1CC[C@@H]3[C@@]4(C)CC[C@H](OC(=O)[C@H]5C[C@@H](C(=O)O)C5(C)C)C(C)(C)[C@@H]4CC[C@@]3(C)[C@]1(C)CC2)N1CCS(O)(O)CC1. The number of nitrogens with zero attached hydrogens (tertiary/aromatic N) is 1. The number of carbonyl (C=O) groups excluding carboxylic acids is 1. The van der Waals surface area contributed by atoms with E-state index in [1.165, 1.54) is 57.8 Å². The van der Waals surface area contributed by atoms with E-state index < -0.39 is 34.0 Å². The maximum Gasteiger partial charge on any atom is 0.309 e. The number of carboxylic acids is 1. The third kappa shape index (κ3) is 6.15. The molecule has 0 unspecified atom stereocenters. The van der Waals surface area contributed by atoms with Gasteiger partial charge in [0.05, 0.1) is 29.4 Å². The normalized spacial score (nSPS) is 48.7. The Morgan fingerprint density at radius 2 is 1.45 bits per heavy atom. The zero-order valence-electron chi connectivity index (χ0n) is 36.4. The molecule has 8 fully saturated rings. The van der Waals surface area contributed by atoms with Gasteiger partial charge in [0.15, 0.2) is 0 Å². The number of carbonyl (C=O) groups is 2. The van der Waals surface area contributed by atoms with Crippen molar-refractivity contribution in [2.45, 2.75) is 170 Å². The fourth-order valence-electron chi connectivity index (χ4n) is 16.4. The van der Waals surface area contributed by atoms with Crippen LogP contribution in [0.5, 0.6) is 0 Å². The lowest BCUT2D eigenvalue weighted by atomic mass is 9.32. The summed E-state index contributed by atoms with van der Waals surface area (Å²) in [6.45, 7) is 23.1. The molecule has 5 N–H and O–H groups in total. The lowest BCUT2D eigenvalue weighted by Crippen LogP contribution is -2.69. The van der Waals surface area contributed by atoms with Gasteiger partial charge >= 0.3 is 11.9 Å². The minimum atomic E-state index is -2.49. The minimum Gasteiger partial charge on any atom is -0.481 e. The molecule has 0 radical (unpaired) electrons. The number of hydrogen-bond acceptors (Lipinski definition) is 8. The summed E-state index contributed by atoms with van der Waals surface area (Å²) in [5.74, 6) is 2.07. The van der Waals surface area contributed by atoms with Crippen LogP contribution in [0.4, 0.5) is 0 Å². The Bertz CT molecular complexity index is 1550. The van der Waals surface area contributed by atoms with Gasteiger partial charge in [-0.2, -0.15) is 10.6 Å². The predicted octanol–water partition coefficient (Wildman–Crippen LogP) is 8.68. The molecule has 1 aliphatic heterocycles. The highest BCUT2D eigenvalue weighted by molar-refractivity contribution is 8.24. The van der Waals surface area contributed by atoms with E-state index in [0.29, 0.717) is 60.1 Å². The molecule has 8 rings (SSSR count). The molecule has 0 aromatic rings. The first kappa shape index (κ1) is 41.8. The van der Waals surface area contributed by atoms with Crippen molar-refractivity contribution < 1.29 is 33.6 Å². The molecule has 9 nitrogen and oxygen atoms in total. The molecule has 0 aromatic carbocycles. The summed E-state index contributed by atoms with van der Waals surface area (Å²) in [5, 5.41) is 25.1. The maximum atomic E-state index is 13.7. The van der Waals surface area contributed by atoms with Crippen molar-refractivity contribution in [2.75, 3.05) is 31.1 Å². The van der Waals surface area contributed by atoms with Gasteiger partial charge in [0, 0.05) is 36.6 Å². The second-order valence-corrected chi connectivity index (χ2v) is 25.8. The van der Waals surface area contributed by atoms with E-state index in [1.807, 2.05) is 20.8 Å². The highest BCUT2D eigenvalue weighted by Gasteiger charge is 2.72. The molecule has 14 atom stereocenters. The van der Waals surface area contributed by atoms with E-state index in [0.717, 1.165) is 31.7 Å². The number of rotatable bonds is 9. The smallest absolute Gasteiger partial charge is 0.309 e. The monoisotopic (exact) mass is 803 g/mol. The van der Waals surface area contributed by atoms with Crippen LogP contribution >= 0.6 is 10.6 Å². The van der Waals surface area contributed by atoms with Crippen LogP contribution in [0.3, 0.4) is 0 Å². The molecule has 0 amide bonds. The third-order valence-corrected chi connectivity index (χ3v) is 22.2. The molecule has 0 bridgehead atoms. The van der Waals surface area contributed by atoms with E-state index in [4.69, 9.17) is 4.74 Å². The standard InChI is InChI=1S/C46H78N2O7S/c1-28(49)33(48-22-24-56(53,54)25-23-48)27-47-46-17-12-29(42(6)18-19-42)37(46)30-10-11-35-43(7)15-14-36(55-39(52)32-26-31(38(50)51)40(32,2)3)41(4,5)34(43)13-16-45(35,9)44(30,8)20-21-46/h28-37,47,49,53-54H,10-27H2,1-9H3,(H,50,51)/t28-,29+,30+,31-,32+,33-,34-,35+,36-,37+,43-,44+,45+,46-/m0/s1. The molecule has 7 aliphatic carbocycles. The zero-order valence-corrected chi connectivity index (χ0v) is 37.2. The number of hydrogen-bond donors (Lipinski definition) is 5. The van der Waals surface area contributed by atoms with Crippen LogP contribution in [0.25, 0.3) is 0 Å². The molecule has 8 aliphatic rings. The van der Waals surface area contributed by atoms with Gasteiger partial charge in [-0.3, -0.25) is 23.6 Å². The summed E-state index contributed by atoms with van der Waals surface area (Å²) in [4.78, 5) is 27.8. The molecule has 0 spiro atoms. The van der Waals surface area contributed by atoms with Crippen molar-refractivity contribution in [2.24, 2.45) is 73.9 Å². The lowest BCUT2D eigenvalue weighted by molar-refractivity contribution is -0.250. The van der Waals surface area contributed by atoms with Crippen LogP contribution in [0, 0.1) is 73.9 Å². The Balaban J connectivity index is 1.02. The van der Waals surface area contributed by atoms with Crippen LogP contribution in [0.15, 0.2) is 0 Å². The van der Waals surface area contributed by atoms with Gasteiger partial charge in [-0.15, -0.1) is 0 Å². The summed E-state index contributed by atoms with van der Waals surface area (Å²) < 4.78 is 27.1. The number of nitrogens with one attached hydrogen (secondary N) is 1. The summed E-state index contributed by atoms with van der Waals surface area (Å²) in [5.41, 5.74) is 0.427. The Morgan fingerprint density at radius 1 is 0.768 bits per heavy atom. The Hall–Kier alpha value is -0.910. The first-order valence-electron chi connectivity index (χ1n) is 22.8. The average Bonchev–Trinajstić information content (AvgIpc) is 3.72. The second kappa shape index (κ2) is 13.5. The van der Waals surface area contributed by atoms with Gasteiger partial charge in [0.1, 0.15) is 6.10 Å². The van der Waals surface area contributed by atoms with Crippen LogP contribution in [-0.2, 0) is 14.3 Å². The van der Waals surface area contributed by atoms with E-state index in [2.05, 4.69) is 51.8 Å². The minimum absolute atomic E-state index is 0.0347. The fourth-order valence-corrected chi connectivity index (χ4v) is 17.6. The molecule has 10 heteroatoms. The lowest BCUT2D eigenvalue weighted by Gasteiger charge is -2.73. The number of aliphatic hydroxyl groups excluding tert-OH is 1. The number of ether oxygens (including phenoxy) is 1. The fraction of sp³-hybridized carbons (Fsp3) is 0.957. The van der Waals surface area contributed by atoms with Gasteiger partial charge in [0.25, 0.3) is 0 Å². The first-order valence-corrected chi connectivity index (χ1v) is 24.7. The number of aliphatic carboxylic acids is 1. The molecule has 320 valence electrons. The molecule has 1 saturated heterocycles. The van der Waals surface area contributed by atoms with E-state index in [1.54, 1.807) is 0 Å². The van der Waals surface area contributed by atoms with Crippen molar-refractivity contribution in [1.29, 1.82) is 0 Å². The van der Waals surface area contributed by atoms with Gasteiger partial charge in [-0.05, 0) is 147 Å². The summed E-state index contributed by atoms with van der Waals surface area (Å²) in [6, 6.07) is -0.0347. The van der Waals surface area contributed by atoms with Crippen molar-refractivity contribution >= 4 is 22.5 Å². The second-order valence-electron chi connectivity index (χ2n) is 23.4. The average molecular weight is 803 g/mol. The number of esters is 1. The number of aliphatic hydroxyl groups is 1. The Labute approximate surface area is 340 Å². The molecule has 56 heavy (non-hydrogen) atoms. The Kier molecular flexibility index (Phi) is 10.1. The third-order valence-electron chi connectivity index (χ3n) is 20.5. The van der Waals surface area contributed by atoms with Crippen LogP contribution in [-0.4, -0.2) is 91.1 Å². The van der Waals surface area contributed by atoms with Crippen molar-refractivity contribution in [3.8, 4) is 0 Å². The topological polar surface area (TPSA) is 140 Å². The summed E-state index contributed by atoms with van der Waals surface area (Å²) in [7, 11) is -2.49. The van der Waals surface area contributed by atoms with Gasteiger partial charge in [-0.25, -0.2) is 0 Å². The quantitative estimate of drug-likeness (QED) is 0.145. The highest BCUT2D eigenvalue weighted by Crippen LogP contribution is 2.78.